The number of amidine groups is 1. The maximum absolute atomic E-state index is 9.24. The minimum absolute atomic E-state index is 0.0483. The Hall–Kier alpha value is -3.11. The standard InChI is InChI=1S/C24H26N4O3/c1-14(2)30-18-4-6-22-20(9-18)24(13-29-23(26)28-24)19-8-16(3-5-21(19)31-22)17-7-15(10-25)11-27-12-17/h3,5,7-8,11-12,14,18,20,22H,4,6,9,13H2,1-2H3,(H2,26,28)/t18-,20?,22?,24+/m0/s1. The molecule has 7 heteroatoms. The Morgan fingerprint density at radius 2 is 2.10 bits per heavy atom. The zero-order valence-corrected chi connectivity index (χ0v) is 17.7. The fourth-order valence-electron chi connectivity index (χ4n) is 5.20. The van der Waals surface area contributed by atoms with Gasteiger partial charge in [-0.1, -0.05) is 6.07 Å². The van der Waals surface area contributed by atoms with E-state index in [1.807, 2.05) is 18.2 Å². The molecule has 2 unspecified atom stereocenters. The lowest BCUT2D eigenvalue weighted by Crippen LogP contribution is -2.52. The van der Waals surface area contributed by atoms with Crippen molar-refractivity contribution in [2.45, 2.75) is 57.0 Å². The first-order chi connectivity index (χ1) is 15.0. The van der Waals surface area contributed by atoms with Crippen LogP contribution in [0.4, 0.5) is 0 Å². The van der Waals surface area contributed by atoms with Crippen LogP contribution in [-0.4, -0.2) is 35.9 Å². The normalized spacial score (nSPS) is 28.8. The highest BCUT2D eigenvalue weighted by Gasteiger charge is 2.55. The van der Waals surface area contributed by atoms with Crippen molar-refractivity contribution in [3.05, 3.63) is 47.8 Å². The van der Waals surface area contributed by atoms with Gasteiger partial charge in [0.1, 0.15) is 30.1 Å². The van der Waals surface area contributed by atoms with Crippen LogP contribution >= 0.6 is 0 Å². The summed E-state index contributed by atoms with van der Waals surface area (Å²) >= 11 is 0. The number of aromatic nitrogens is 1. The topological polar surface area (TPSA) is 103 Å². The van der Waals surface area contributed by atoms with Gasteiger partial charge < -0.3 is 19.9 Å². The summed E-state index contributed by atoms with van der Waals surface area (Å²) in [5, 5.41) is 9.24. The first-order valence-electron chi connectivity index (χ1n) is 10.8. The SMILES string of the molecule is CC(C)O[C@H]1CCC2Oc3ccc(-c4cncc(C#N)c4)cc3[C@]3(COC(N)=N3)C2C1. The molecule has 3 heterocycles. The fourth-order valence-corrected chi connectivity index (χ4v) is 5.20. The summed E-state index contributed by atoms with van der Waals surface area (Å²) in [7, 11) is 0. The maximum Gasteiger partial charge on any atom is 0.283 e. The first kappa shape index (κ1) is 19.8. The van der Waals surface area contributed by atoms with Gasteiger partial charge >= 0.3 is 0 Å². The van der Waals surface area contributed by atoms with Crippen LogP contribution < -0.4 is 10.5 Å². The van der Waals surface area contributed by atoms with Crippen molar-refractivity contribution in [2.24, 2.45) is 16.6 Å². The third-order valence-corrected chi connectivity index (χ3v) is 6.49. The van der Waals surface area contributed by atoms with Gasteiger partial charge in [0.05, 0.1) is 17.8 Å². The lowest BCUT2D eigenvalue weighted by molar-refractivity contribution is -0.0791. The van der Waals surface area contributed by atoms with Gasteiger partial charge in [0.15, 0.2) is 0 Å². The molecule has 1 saturated carbocycles. The van der Waals surface area contributed by atoms with Crippen LogP contribution in [-0.2, 0) is 15.0 Å². The van der Waals surface area contributed by atoms with E-state index in [4.69, 9.17) is 24.9 Å². The van der Waals surface area contributed by atoms with E-state index in [-0.39, 0.29) is 30.3 Å². The molecule has 2 N–H and O–H groups in total. The zero-order valence-electron chi connectivity index (χ0n) is 17.7. The highest BCUT2D eigenvalue weighted by molar-refractivity contribution is 5.75. The van der Waals surface area contributed by atoms with Gasteiger partial charge in [0.2, 0.25) is 0 Å². The van der Waals surface area contributed by atoms with Crippen LogP contribution in [0.15, 0.2) is 41.7 Å². The summed E-state index contributed by atoms with van der Waals surface area (Å²) in [6.07, 6.45) is 6.44. The van der Waals surface area contributed by atoms with Crippen molar-refractivity contribution in [1.29, 1.82) is 5.26 Å². The summed E-state index contributed by atoms with van der Waals surface area (Å²) in [4.78, 5) is 9.06. The number of pyridine rings is 1. The number of benzene rings is 1. The number of fused-ring (bicyclic) bond motifs is 4. The number of nitrogens with two attached hydrogens (primary N) is 1. The molecule has 1 fully saturated rings. The molecule has 3 aliphatic rings. The lowest BCUT2D eigenvalue weighted by atomic mass is 9.67. The minimum Gasteiger partial charge on any atom is -0.490 e. The monoisotopic (exact) mass is 418 g/mol. The van der Waals surface area contributed by atoms with E-state index in [2.05, 4.69) is 31.0 Å². The molecule has 1 spiro atoms. The summed E-state index contributed by atoms with van der Waals surface area (Å²) < 4.78 is 18.3. The highest BCUT2D eigenvalue weighted by Crippen LogP contribution is 2.53. The average molecular weight is 418 g/mol. The number of ether oxygens (including phenoxy) is 3. The number of hydrogen-bond acceptors (Lipinski definition) is 7. The predicted octanol–water partition coefficient (Wildman–Crippen LogP) is 3.52. The molecule has 31 heavy (non-hydrogen) atoms. The maximum atomic E-state index is 9.24. The van der Waals surface area contributed by atoms with Crippen LogP contribution in [0.25, 0.3) is 11.1 Å². The molecule has 1 aromatic heterocycles. The van der Waals surface area contributed by atoms with E-state index < -0.39 is 5.54 Å². The summed E-state index contributed by atoms with van der Waals surface area (Å²) in [6, 6.07) is 10.3. The largest absolute Gasteiger partial charge is 0.490 e. The lowest BCUT2D eigenvalue weighted by Gasteiger charge is -2.48. The highest BCUT2D eigenvalue weighted by atomic mass is 16.5. The second-order valence-corrected chi connectivity index (χ2v) is 8.83. The van der Waals surface area contributed by atoms with E-state index in [0.717, 1.165) is 41.7 Å². The molecule has 0 bridgehead atoms. The third kappa shape index (κ3) is 3.41. The Morgan fingerprint density at radius 1 is 1.23 bits per heavy atom. The van der Waals surface area contributed by atoms with Crippen molar-refractivity contribution < 1.29 is 14.2 Å². The van der Waals surface area contributed by atoms with Crippen molar-refractivity contribution in [3.8, 4) is 22.9 Å². The van der Waals surface area contributed by atoms with Gasteiger partial charge in [0, 0.05) is 29.4 Å². The molecule has 0 saturated heterocycles. The summed E-state index contributed by atoms with van der Waals surface area (Å²) in [6.45, 7) is 4.53. The van der Waals surface area contributed by atoms with Gasteiger partial charge in [-0.15, -0.1) is 0 Å². The Balaban J connectivity index is 1.59. The number of hydrogen-bond donors (Lipinski definition) is 1. The first-order valence-corrected chi connectivity index (χ1v) is 10.8. The van der Waals surface area contributed by atoms with Gasteiger partial charge in [-0.25, -0.2) is 4.99 Å². The van der Waals surface area contributed by atoms with Crippen molar-refractivity contribution in [2.75, 3.05) is 6.61 Å². The molecule has 160 valence electrons. The molecule has 1 aromatic carbocycles. The molecule has 1 aliphatic carbocycles. The molecule has 2 aliphatic heterocycles. The average Bonchev–Trinajstić information content (AvgIpc) is 3.16. The van der Waals surface area contributed by atoms with Gasteiger partial charge in [-0.3, -0.25) is 4.98 Å². The van der Waals surface area contributed by atoms with Gasteiger partial charge in [0.25, 0.3) is 6.02 Å². The zero-order chi connectivity index (χ0) is 21.6. The van der Waals surface area contributed by atoms with E-state index in [0.29, 0.717) is 12.2 Å². The Labute approximate surface area is 181 Å². The smallest absolute Gasteiger partial charge is 0.283 e. The van der Waals surface area contributed by atoms with Gasteiger partial charge in [-0.05, 0) is 56.9 Å². The summed E-state index contributed by atoms with van der Waals surface area (Å²) in [5.41, 5.74) is 8.75. The van der Waals surface area contributed by atoms with Gasteiger partial charge in [-0.2, -0.15) is 5.26 Å². The second-order valence-electron chi connectivity index (χ2n) is 8.83. The number of rotatable bonds is 3. The number of aliphatic imine (C=N–C) groups is 1. The van der Waals surface area contributed by atoms with Crippen LogP contribution in [0.5, 0.6) is 5.75 Å². The van der Waals surface area contributed by atoms with Crippen molar-refractivity contribution in [3.63, 3.8) is 0 Å². The molecule has 2 aromatic rings. The number of nitrogens with zero attached hydrogens (tertiary/aromatic N) is 3. The molecule has 0 amide bonds. The van der Waals surface area contributed by atoms with Crippen LogP contribution in [0, 0.1) is 17.2 Å². The quantitative estimate of drug-likeness (QED) is 0.818. The van der Waals surface area contributed by atoms with Crippen LogP contribution in [0.1, 0.15) is 44.2 Å². The van der Waals surface area contributed by atoms with E-state index in [1.165, 1.54) is 0 Å². The van der Waals surface area contributed by atoms with E-state index in [1.54, 1.807) is 12.4 Å². The Bertz CT molecular complexity index is 1080. The molecule has 4 atom stereocenters. The number of nitriles is 1. The Morgan fingerprint density at radius 3 is 2.84 bits per heavy atom. The molecular weight excluding hydrogens is 392 g/mol. The van der Waals surface area contributed by atoms with Crippen LogP contribution in [0.2, 0.25) is 0 Å². The van der Waals surface area contributed by atoms with E-state index in [9.17, 15) is 5.26 Å². The van der Waals surface area contributed by atoms with E-state index >= 15 is 0 Å². The molecule has 0 radical (unpaired) electrons. The molecule has 7 nitrogen and oxygen atoms in total. The Kier molecular flexibility index (Phi) is 4.82. The second kappa shape index (κ2) is 7.54. The fraction of sp³-hybridized carbons (Fsp3) is 0.458. The van der Waals surface area contributed by atoms with Crippen molar-refractivity contribution in [1.82, 2.24) is 4.98 Å². The predicted molar refractivity (Wildman–Crippen MR) is 115 cm³/mol. The molecule has 5 rings (SSSR count). The minimum atomic E-state index is -0.600. The third-order valence-electron chi connectivity index (χ3n) is 6.49. The van der Waals surface area contributed by atoms with Crippen LogP contribution in [0.3, 0.4) is 0 Å². The summed E-state index contributed by atoms with van der Waals surface area (Å²) in [5.74, 6) is 0.928. The van der Waals surface area contributed by atoms with Crippen molar-refractivity contribution >= 4 is 6.02 Å². The molecular formula is C24H26N4O3.